The largest absolute Gasteiger partial charge is 0.333 e. The number of hydrogen-bond acceptors (Lipinski definition) is 3. The molecule has 2 aromatic rings. The first-order chi connectivity index (χ1) is 9.66. The lowest BCUT2D eigenvalue weighted by Gasteiger charge is -2.38. The molecule has 0 spiro atoms. The summed E-state index contributed by atoms with van der Waals surface area (Å²) in [4.78, 5) is 21.4. The predicted molar refractivity (Wildman–Crippen MR) is 79.7 cm³/mol. The van der Waals surface area contributed by atoms with Crippen molar-refractivity contribution >= 4 is 16.8 Å². The number of hydrogen-bond donors (Lipinski definition) is 0. The SMILES string of the molecule is CC1CN(C)CCN1C(=O)c1cccc2cccnc12. The molecule has 1 amide bonds. The van der Waals surface area contributed by atoms with Gasteiger partial charge in [-0.15, -0.1) is 0 Å². The number of amides is 1. The Labute approximate surface area is 119 Å². The van der Waals surface area contributed by atoms with Crippen LogP contribution in [0.15, 0.2) is 36.5 Å². The van der Waals surface area contributed by atoms with Gasteiger partial charge in [-0.1, -0.05) is 18.2 Å². The maximum absolute atomic E-state index is 12.8. The molecule has 0 bridgehead atoms. The zero-order valence-corrected chi connectivity index (χ0v) is 11.9. The molecule has 4 heteroatoms. The van der Waals surface area contributed by atoms with Gasteiger partial charge in [0.05, 0.1) is 11.1 Å². The van der Waals surface area contributed by atoms with E-state index in [9.17, 15) is 4.79 Å². The average molecular weight is 269 g/mol. The number of likely N-dealkylation sites (N-methyl/N-ethyl adjacent to an activating group) is 1. The average Bonchev–Trinajstić information content (AvgIpc) is 2.46. The van der Waals surface area contributed by atoms with E-state index in [1.807, 2.05) is 35.2 Å². The standard InChI is InChI=1S/C16H19N3O/c1-12-11-18(2)9-10-19(12)16(20)14-7-3-5-13-6-4-8-17-15(13)14/h3-8,12H,9-11H2,1-2H3. The van der Waals surface area contributed by atoms with E-state index in [-0.39, 0.29) is 11.9 Å². The normalized spacial score (nSPS) is 20.3. The first-order valence-electron chi connectivity index (χ1n) is 7.00. The fourth-order valence-electron chi connectivity index (χ4n) is 2.87. The molecular weight excluding hydrogens is 250 g/mol. The van der Waals surface area contributed by atoms with Gasteiger partial charge in [0.25, 0.3) is 5.91 Å². The number of rotatable bonds is 1. The number of para-hydroxylation sites is 1. The summed E-state index contributed by atoms with van der Waals surface area (Å²) < 4.78 is 0. The lowest BCUT2D eigenvalue weighted by atomic mass is 10.1. The van der Waals surface area contributed by atoms with Crippen molar-refractivity contribution < 1.29 is 4.79 Å². The Morgan fingerprint density at radius 1 is 1.25 bits per heavy atom. The molecule has 1 saturated heterocycles. The number of pyridine rings is 1. The molecule has 2 heterocycles. The monoisotopic (exact) mass is 269 g/mol. The van der Waals surface area contributed by atoms with Gasteiger partial charge < -0.3 is 9.80 Å². The van der Waals surface area contributed by atoms with Gasteiger partial charge in [-0.3, -0.25) is 9.78 Å². The highest BCUT2D eigenvalue weighted by Gasteiger charge is 2.27. The lowest BCUT2D eigenvalue weighted by Crippen LogP contribution is -2.52. The van der Waals surface area contributed by atoms with Crippen LogP contribution in [0.3, 0.4) is 0 Å². The molecule has 0 radical (unpaired) electrons. The van der Waals surface area contributed by atoms with Crippen molar-refractivity contribution in [2.75, 3.05) is 26.7 Å². The number of carbonyl (C=O) groups is 1. The van der Waals surface area contributed by atoms with Gasteiger partial charge >= 0.3 is 0 Å². The van der Waals surface area contributed by atoms with E-state index in [0.717, 1.165) is 30.5 Å². The molecule has 20 heavy (non-hydrogen) atoms. The Morgan fingerprint density at radius 2 is 2.05 bits per heavy atom. The fraction of sp³-hybridized carbons (Fsp3) is 0.375. The maximum atomic E-state index is 12.8. The smallest absolute Gasteiger partial charge is 0.256 e. The Hall–Kier alpha value is -1.94. The first-order valence-corrected chi connectivity index (χ1v) is 7.00. The van der Waals surface area contributed by atoms with E-state index < -0.39 is 0 Å². The van der Waals surface area contributed by atoms with Crippen molar-refractivity contribution in [1.82, 2.24) is 14.8 Å². The van der Waals surface area contributed by atoms with Crippen molar-refractivity contribution in [2.45, 2.75) is 13.0 Å². The maximum Gasteiger partial charge on any atom is 0.256 e. The van der Waals surface area contributed by atoms with Crippen LogP contribution in [-0.2, 0) is 0 Å². The van der Waals surface area contributed by atoms with Gasteiger partial charge in [0.2, 0.25) is 0 Å². The van der Waals surface area contributed by atoms with Gasteiger partial charge in [-0.25, -0.2) is 0 Å². The number of nitrogens with zero attached hydrogens (tertiary/aromatic N) is 3. The Kier molecular flexibility index (Phi) is 3.40. The number of piperazine rings is 1. The van der Waals surface area contributed by atoms with Crippen LogP contribution >= 0.6 is 0 Å². The molecule has 1 atom stereocenters. The third kappa shape index (κ3) is 2.27. The molecule has 1 fully saturated rings. The second kappa shape index (κ2) is 5.21. The van der Waals surface area contributed by atoms with Crippen LogP contribution in [0, 0.1) is 0 Å². The van der Waals surface area contributed by atoms with Crippen molar-refractivity contribution in [3.8, 4) is 0 Å². The van der Waals surface area contributed by atoms with Crippen LogP contribution in [0.4, 0.5) is 0 Å². The van der Waals surface area contributed by atoms with E-state index in [4.69, 9.17) is 0 Å². The summed E-state index contributed by atoms with van der Waals surface area (Å²) in [7, 11) is 2.10. The number of aromatic nitrogens is 1. The van der Waals surface area contributed by atoms with E-state index in [0.29, 0.717) is 5.56 Å². The van der Waals surface area contributed by atoms with Crippen LogP contribution in [0.2, 0.25) is 0 Å². The summed E-state index contributed by atoms with van der Waals surface area (Å²) in [5.74, 6) is 0.0925. The zero-order valence-electron chi connectivity index (χ0n) is 11.9. The van der Waals surface area contributed by atoms with E-state index >= 15 is 0 Å². The van der Waals surface area contributed by atoms with Gasteiger partial charge in [-0.05, 0) is 26.1 Å². The highest BCUT2D eigenvalue weighted by atomic mass is 16.2. The fourth-order valence-corrected chi connectivity index (χ4v) is 2.87. The third-order valence-corrected chi connectivity index (χ3v) is 3.95. The molecule has 1 aliphatic heterocycles. The second-order valence-corrected chi connectivity index (χ2v) is 5.49. The lowest BCUT2D eigenvalue weighted by molar-refractivity contribution is 0.0535. The highest BCUT2D eigenvalue weighted by Crippen LogP contribution is 2.20. The van der Waals surface area contributed by atoms with Crippen molar-refractivity contribution in [3.05, 3.63) is 42.1 Å². The molecule has 1 unspecified atom stereocenters. The molecule has 3 rings (SSSR count). The molecule has 104 valence electrons. The summed E-state index contributed by atoms with van der Waals surface area (Å²) >= 11 is 0. The summed E-state index contributed by atoms with van der Waals surface area (Å²) in [6.07, 6.45) is 1.74. The third-order valence-electron chi connectivity index (χ3n) is 3.95. The number of fused-ring (bicyclic) bond motifs is 1. The van der Waals surface area contributed by atoms with Gasteiger partial charge in [0.15, 0.2) is 0 Å². The van der Waals surface area contributed by atoms with E-state index in [2.05, 4.69) is 23.9 Å². The second-order valence-electron chi connectivity index (χ2n) is 5.49. The molecule has 4 nitrogen and oxygen atoms in total. The van der Waals surface area contributed by atoms with Crippen LogP contribution in [0.1, 0.15) is 17.3 Å². The number of benzene rings is 1. The minimum absolute atomic E-state index is 0.0925. The Morgan fingerprint density at radius 3 is 2.85 bits per heavy atom. The van der Waals surface area contributed by atoms with Gasteiger partial charge in [0, 0.05) is 37.3 Å². The predicted octanol–water partition coefficient (Wildman–Crippen LogP) is 2.01. The zero-order chi connectivity index (χ0) is 14.1. The minimum atomic E-state index is 0.0925. The van der Waals surface area contributed by atoms with Gasteiger partial charge in [-0.2, -0.15) is 0 Å². The van der Waals surface area contributed by atoms with Crippen LogP contribution in [0.5, 0.6) is 0 Å². The molecule has 1 aromatic heterocycles. The molecule has 0 saturated carbocycles. The summed E-state index contributed by atoms with van der Waals surface area (Å²) in [6, 6.07) is 9.93. The first kappa shape index (κ1) is 13.1. The topological polar surface area (TPSA) is 36.4 Å². The van der Waals surface area contributed by atoms with Crippen molar-refractivity contribution in [3.63, 3.8) is 0 Å². The van der Waals surface area contributed by atoms with Gasteiger partial charge in [0.1, 0.15) is 0 Å². The quantitative estimate of drug-likeness (QED) is 0.794. The molecule has 0 aliphatic carbocycles. The molecule has 1 aromatic carbocycles. The molecule has 1 aliphatic rings. The summed E-state index contributed by atoms with van der Waals surface area (Å²) in [6.45, 7) is 4.73. The highest BCUT2D eigenvalue weighted by molar-refractivity contribution is 6.05. The summed E-state index contributed by atoms with van der Waals surface area (Å²) in [5.41, 5.74) is 1.51. The Bertz CT molecular complexity index is 635. The number of carbonyl (C=O) groups excluding carboxylic acids is 1. The van der Waals surface area contributed by atoms with Crippen LogP contribution in [-0.4, -0.2) is 53.4 Å². The van der Waals surface area contributed by atoms with E-state index in [1.165, 1.54) is 0 Å². The summed E-state index contributed by atoms with van der Waals surface area (Å²) in [5, 5.41) is 1.01. The van der Waals surface area contributed by atoms with Crippen molar-refractivity contribution in [2.24, 2.45) is 0 Å². The minimum Gasteiger partial charge on any atom is -0.333 e. The van der Waals surface area contributed by atoms with Crippen molar-refractivity contribution in [1.29, 1.82) is 0 Å². The van der Waals surface area contributed by atoms with Crippen LogP contribution in [0.25, 0.3) is 10.9 Å². The Balaban J connectivity index is 1.97. The van der Waals surface area contributed by atoms with E-state index in [1.54, 1.807) is 6.20 Å². The van der Waals surface area contributed by atoms with Crippen LogP contribution < -0.4 is 0 Å². The molecule has 0 N–H and O–H groups in total. The molecular formula is C16H19N3O.